The van der Waals surface area contributed by atoms with Crippen LogP contribution < -0.4 is 19.7 Å². The summed E-state index contributed by atoms with van der Waals surface area (Å²) in [6, 6.07) is 16.9. The van der Waals surface area contributed by atoms with Gasteiger partial charge in [-0.2, -0.15) is 0 Å². The third-order valence-electron chi connectivity index (χ3n) is 5.32. The van der Waals surface area contributed by atoms with Gasteiger partial charge in [0, 0.05) is 11.3 Å². The Morgan fingerprint density at radius 1 is 1.05 bits per heavy atom. The Hall–Kier alpha value is -4.22. The lowest BCUT2D eigenvalue weighted by Gasteiger charge is -2.15. The Morgan fingerprint density at radius 3 is 2.53 bits per heavy atom. The molecule has 0 bridgehead atoms. The third-order valence-corrected chi connectivity index (χ3v) is 6.62. The van der Waals surface area contributed by atoms with Gasteiger partial charge < -0.3 is 19.5 Å². The zero-order chi connectivity index (χ0) is 27.2. The topological polar surface area (TPSA) is 94.2 Å². The highest BCUT2D eigenvalue weighted by atomic mass is 32.2. The summed E-state index contributed by atoms with van der Waals surface area (Å²) in [6.07, 6.45) is 1.66. The first-order chi connectivity index (χ1) is 18.3. The van der Waals surface area contributed by atoms with Gasteiger partial charge in [-0.05, 0) is 66.2 Å². The molecular weight excluding hydrogens is 531 g/mol. The van der Waals surface area contributed by atoms with Gasteiger partial charge in [-0.1, -0.05) is 36.1 Å². The number of methoxy groups -OCH3 is 2. The summed E-state index contributed by atoms with van der Waals surface area (Å²) in [5.74, 6) is -0.982. The Bertz CT molecular complexity index is 1440. The van der Waals surface area contributed by atoms with Gasteiger partial charge in [-0.3, -0.25) is 14.5 Å². The van der Waals surface area contributed by atoms with Crippen LogP contribution in [0.25, 0.3) is 6.08 Å². The van der Waals surface area contributed by atoms with Crippen molar-refractivity contribution < 1.29 is 33.0 Å². The molecule has 0 atom stereocenters. The number of carbonyl (C=O) groups is 3. The van der Waals surface area contributed by atoms with E-state index in [9.17, 15) is 18.8 Å². The standard InChI is InChI=1S/C27H21FN2O6S2/c1-34-22-12-16(6-11-21(22)36-15-24(31)35-2)13-23-26(33)30(27(37)38-23)20-5-3-4-17(14-20)25(32)29-19-9-7-18(28)8-10-19/h3-14H,15H2,1-2H3,(H,29,32)/b23-13+. The molecular formula is C27H21FN2O6S2. The van der Waals surface area contributed by atoms with Gasteiger partial charge in [0.1, 0.15) is 5.82 Å². The monoisotopic (exact) mass is 552 g/mol. The molecule has 8 nitrogen and oxygen atoms in total. The van der Waals surface area contributed by atoms with E-state index in [1.165, 1.54) is 43.4 Å². The molecule has 3 aromatic rings. The van der Waals surface area contributed by atoms with Crippen molar-refractivity contribution in [2.75, 3.05) is 31.0 Å². The molecule has 0 saturated carbocycles. The van der Waals surface area contributed by atoms with Crippen LogP contribution >= 0.6 is 24.0 Å². The number of hydrogen-bond donors (Lipinski definition) is 1. The number of ether oxygens (including phenoxy) is 3. The van der Waals surface area contributed by atoms with E-state index in [0.717, 1.165) is 11.8 Å². The number of carbonyl (C=O) groups excluding carboxylic acids is 3. The van der Waals surface area contributed by atoms with E-state index in [1.54, 1.807) is 48.5 Å². The number of halogens is 1. The van der Waals surface area contributed by atoms with E-state index in [1.807, 2.05) is 0 Å². The minimum atomic E-state index is -0.531. The summed E-state index contributed by atoms with van der Waals surface area (Å²) in [4.78, 5) is 39.1. The number of thiocarbonyl (C=S) groups is 1. The highest BCUT2D eigenvalue weighted by Crippen LogP contribution is 2.37. The molecule has 38 heavy (non-hydrogen) atoms. The molecule has 11 heteroatoms. The Balaban J connectivity index is 1.52. The zero-order valence-electron chi connectivity index (χ0n) is 20.2. The van der Waals surface area contributed by atoms with E-state index >= 15 is 0 Å². The van der Waals surface area contributed by atoms with Crippen molar-refractivity contribution in [3.05, 3.63) is 88.6 Å². The number of anilines is 2. The number of nitrogens with zero attached hydrogens (tertiary/aromatic N) is 1. The summed E-state index contributed by atoms with van der Waals surface area (Å²) in [6.45, 7) is -0.272. The van der Waals surface area contributed by atoms with Crippen LogP contribution in [0.1, 0.15) is 15.9 Å². The van der Waals surface area contributed by atoms with E-state index in [-0.39, 0.29) is 12.5 Å². The molecule has 1 fully saturated rings. The average molecular weight is 553 g/mol. The number of benzene rings is 3. The van der Waals surface area contributed by atoms with E-state index < -0.39 is 17.7 Å². The fourth-order valence-electron chi connectivity index (χ4n) is 3.45. The lowest BCUT2D eigenvalue weighted by atomic mass is 10.1. The molecule has 0 aliphatic carbocycles. The maximum Gasteiger partial charge on any atom is 0.343 e. The molecule has 2 amide bonds. The molecule has 1 aliphatic rings. The minimum absolute atomic E-state index is 0.272. The molecule has 1 N–H and O–H groups in total. The van der Waals surface area contributed by atoms with Gasteiger partial charge in [-0.25, -0.2) is 9.18 Å². The van der Waals surface area contributed by atoms with Crippen LogP contribution in [0.3, 0.4) is 0 Å². The molecule has 1 heterocycles. The van der Waals surface area contributed by atoms with Gasteiger partial charge in [0.2, 0.25) is 0 Å². The van der Waals surface area contributed by atoms with Crippen molar-refractivity contribution >= 4 is 63.5 Å². The predicted octanol–water partition coefficient (Wildman–Crippen LogP) is 5.04. The van der Waals surface area contributed by atoms with E-state index in [4.69, 9.17) is 21.7 Å². The molecule has 0 unspecified atom stereocenters. The molecule has 4 rings (SSSR count). The molecule has 0 spiro atoms. The van der Waals surface area contributed by atoms with Crippen molar-refractivity contribution in [2.45, 2.75) is 0 Å². The van der Waals surface area contributed by atoms with Crippen LogP contribution in [0, 0.1) is 5.82 Å². The number of nitrogens with one attached hydrogen (secondary N) is 1. The highest BCUT2D eigenvalue weighted by molar-refractivity contribution is 8.27. The molecule has 194 valence electrons. The van der Waals surface area contributed by atoms with Crippen LogP contribution in [0.4, 0.5) is 15.8 Å². The van der Waals surface area contributed by atoms with E-state index in [0.29, 0.717) is 43.2 Å². The number of hydrogen-bond acceptors (Lipinski definition) is 8. The summed E-state index contributed by atoms with van der Waals surface area (Å²) >= 11 is 6.59. The summed E-state index contributed by atoms with van der Waals surface area (Å²) < 4.78 is 28.8. The van der Waals surface area contributed by atoms with Crippen LogP contribution in [-0.2, 0) is 14.3 Å². The minimum Gasteiger partial charge on any atom is -0.493 e. The molecule has 3 aromatic carbocycles. The maximum atomic E-state index is 13.3. The van der Waals surface area contributed by atoms with Crippen molar-refractivity contribution in [2.24, 2.45) is 0 Å². The maximum absolute atomic E-state index is 13.3. The highest BCUT2D eigenvalue weighted by Gasteiger charge is 2.33. The van der Waals surface area contributed by atoms with Gasteiger partial charge >= 0.3 is 5.97 Å². The van der Waals surface area contributed by atoms with Crippen molar-refractivity contribution in [1.82, 2.24) is 0 Å². The lowest BCUT2D eigenvalue weighted by Crippen LogP contribution is -2.27. The Morgan fingerprint density at radius 2 is 1.82 bits per heavy atom. The quantitative estimate of drug-likeness (QED) is 0.236. The summed E-state index contributed by atoms with van der Waals surface area (Å²) in [5, 5.41) is 2.69. The third kappa shape index (κ3) is 6.18. The fraction of sp³-hybridized carbons (Fsp3) is 0.111. The first-order valence-corrected chi connectivity index (χ1v) is 12.3. The smallest absolute Gasteiger partial charge is 0.343 e. The van der Waals surface area contributed by atoms with Gasteiger partial charge in [0.05, 0.1) is 24.8 Å². The van der Waals surface area contributed by atoms with Crippen LogP contribution in [0.2, 0.25) is 0 Å². The summed E-state index contributed by atoms with van der Waals surface area (Å²) in [5.41, 5.74) is 1.83. The first-order valence-electron chi connectivity index (χ1n) is 11.1. The van der Waals surface area contributed by atoms with Crippen molar-refractivity contribution in [3.63, 3.8) is 0 Å². The SMILES string of the molecule is COC(=O)COc1ccc(/C=C2/SC(=S)N(c3cccc(C(=O)Nc4ccc(F)cc4)c3)C2=O)cc1OC. The van der Waals surface area contributed by atoms with Crippen molar-refractivity contribution in [3.8, 4) is 11.5 Å². The molecule has 1 saturated heterocycles. The second-order valence-electron chi connectivity index (χ2n) is 7.80. The summed E-state index contributed by atoms with van der Waals surface area (Å²) in [7, 11) is 2.73. The number of thioether (sulfide) groups is 1. The number of amides is 2. The second-order valence-corrected chi connectivity index (χ2v) is 9.48. The molecule has 0 radical (unpaired) electrons. The van der Waals surface area contributed by atoms with Gasteiger partial charge in [0.25, 0.3) is 11.8 Å². The fourth-order valence-corrected chi connectivity index (χ4v) is 4.75. The van der Waals surface area contributed by atoms with E-state index in [2.05, 4.69) is 10.1 Å². The molecule has 0 aromatic heterocycles. The lowest BCUT2D eigenvalue weighted by molar-refractivity contribution is -0.142. The number of esters is 1. The van der Waals surface area contributed by atoms with Crippen LogP contribution in [-0.4, -0.2) is 42.9 Å². The van der Waals surface area contributed by atoms with Gasteiger partial charge in [-0.15, -0.1) is 0 Å². The van der Waals surface area contributed by atoms with Gasteiger partial charge in [0.15, 0.2) is 22.4 Å². The van der Waals surface area contributed by atoms with Crippen LogP contribution in [0.5, 0.6) is 11.5 Å². The average Bonchev–Trinajstić information content (AvgIpc) is 3.20. The second kappa shape index (κ2) is 11.9. The largest absolute Gasteiger partial charge is 0.493 e. The first kappa shape index (κ1) is 26.8. The normalized spacial score (nSPS) is 14.0. The predicted molar refractivity (Wildman–Crippen MR) is 147 cm³/mol. The molecule has 1 aliphatic heterocycles. The van der Waals surface area contributed by atoms with Crippen LogP contribution in [0.15, 0.2) is 71.6 Å². The number of rotatable bonds is 8. The Labute approximate surface area is 227 Å². The zero-order valence-corrected chi connectivity index (χ0v) is 21.9. The Kier molecular flexibility index (Phi) is 8.39. The van der Waals surface area contributed by atoms with Crippen molar-refractivity contribution in [1.29, 1.82) is 0 Å².